The van der Waals surface area contributed by atoms with E-state index in [1.54, 1.807) is 61.3 Å². The minimum absolute atomic E-state index is 0.0671. The van der Waals surface area contributed by atoms with E-state index in [1.807, 2.05) is 17.7 Å². The molecule has 0 saturated carbocycles. The smallest absolute Gasteiger partial charge is 0.295 e. The quantitative estimate of drug-likeness (QED) is 0.334. The van der Waals surface area contributed by atoms with Crippen molar-refractivity contribution in [1.29, 1.82) is 0 Å². The lowest BCUT2D eigenvalue weighted by atomic mass is 9.96. The number of hydrogen-bond acceptors (Lipinski definition) is 6. The van der Waals surface area contributed by atoms with Crippen LogP contribution in [0.15, 0.2) is 73.1 Å². The third-order valence-corrected chi connectivity index (χ3v) is 5.35. The van der Waals surface area contributed by atoms with Gasteiger partial charge in [0.15, 0.2) is 0 Å². The second-order valence-corrected chi connectivity index (χ2v) is 7.39. The number of ether oxygens (including phenoxy) is 1. The summed E-state index contributed by atoms with van der Waals surface area (Å²) in [7, 11) is 0. The molecule has 1 fully saturated rings. The van der Waals surface area contributed by atoms with Gasteiger partial charge >= 0.3 is 0 Å². The zero-order valence-corrected chi connectivity index (χ0v) is 17.7. The fourth-order valence-electron chi connectivity index (χ4n) is 3.90. The van der Waals surface area contributed by atoms with E-state index in [0.29, 0.717) is 43.0 Å². The molecule has 1 aliphatic heterocycles. The molecule has 8 nitrogen and oxygen atoms in total. The van der Waals surface area contributed by atoms with Gasteiger partial charge in [-0.3, -0.25) is 14.6 Å². The molecule has 164 valence electrons. The van der Waals surface area contributed by atoms with E-state index in [4.69, 9.17) is 4.74 Å². The summed E-state index contributed by atoms with van der Waals surface area (Å²) >= 11 is 0. The van der Waals surface area contributed by atoms with Crippen LogP contribution in [0, 0.1) is 0 Å². The molecule has 0 radical (unpaired) electrons. The van der Waals surface area contributed by atoms with Crippen LogP contribution in [-0.2, 0) is 16.1 Å². The van der Waals surface area contributed by atoms with Gasteiger partial charge in [0.1, 0.15) is 11.5 Å². The fourth-order valence-corrected chi connectivity index (χ4v) is 3.90. The fraction of sp³-hybridized carbons (Fsp3) is 0.250. The summed E-state index contributed by atoms with van der Waals surface area (Å²) in [5.41, 5.74) is 1.20. The lowest BCUT2D eigenvalue weighted by molar-refractivity contribution is -0.139. The molecular formula is C24H24N4O4. The first-order chi connectivity index (χ1) is 15.6. The number of likely N-dealkylation sites (tertiary alicyclic amines) is 1. The number of hydrogen-bond donors (Lipinski definition) is 1. The van der Waals surface area contributed by atoms with Gasteiger partial charge in [0.25, 0.3) is 11.7 Å². The van der Waals surface area contributed by atoms with Gasteiger partial charge in [-0.1, -0.05) is 12.1 Å². The number of imidazole rings is 1. The van der Waals surface area contributed by atoms with Gasteiger partial charge in [-0.05, 0) is 43.2 Å². The van der Waals surface area contributed by atoms with Crippen molar-refractivity contribution in [2.75, 3.05) is 13.2 Å². The summed E-state index contributed by atoms with van der Waals surface area (Å²) in [6.45, 7) is 3.35. The second-order valence-electron chi connectivity index (χ2n) is 7.39. The van der Waals surface area contributed by atoms with Gasteiger partial charge in [0, 0.05) is 43.4 Å². The molecule has 3 heterocycles. The molecule has 8 heteroatoms. The number of aliphatic hydroxyl groups is 1. The molecule has 1 amide bonds. The highest BCUT2D eigenvalue weighted by molar-refractivity contribution is 6.46. The van der Waals surface area contributed by atoms with E-state index in [1.165, 1.54) is 4.90 Å². The van der Waals surface area contributed by atoms with Crippen LogP contribution >= 0.6 is 0 Å². The molecule has 0 aliphatic carbocycles. The molecule has 4 rings (SSSR count). The van der Waals surface area contributed by atoms with Gasteiger partial charge < -0.3 is 19.3 Å². The summed E-state index contributed by atoms with van der Waals surface area (Å²) < 4.78 is 7.43. The Kier molecular flexibility index (Phi) is 6.30. The van der Waals surface area contributed by atoms with Crippen LogP contribution in [0.4, 0.5) is 0 Å². The topological polar surface area (TPSA) is 97.6 Å². The molecule has 0 spiro atoms. The van der Waals surface area contributed by atoms with Crippen LogP contribution < -0.4 is 4.74 Å². The number of ketones is 1. The highest BCUT2D eigenvalue weighted by Crippen LogP contribution is 2.39. The minimum atomic E-state index is -0.700. The van der Waals surface area contributed by atoms with E-state index in [9.17, 15) is 14.7 Å². The van der Waals surface area contributed by atoms with Crippen LogP contribution in [0.2, 0.25) is 0 Å². The normalized spacial score (nSPS) is 17.7. The number of aliphatic hydroxyl groups excluding tert-OH is 1. The lowest BCUT2D eigenvalue weighted by Gasteiger charge is -2.25. The monoisotopic (exact) mass is 432 g/mol. The van der Waals surface area contributed by atoms with Crippen LogP contribution in [0.3, 0.4) is 0 Å². The zero-order valence-electron chi connectivity index (χ0n) is 17.7. The maximum Gasteiger partial charge on any atom is 0.295 e. The summed E-state index contributed by atoms with van der Waals surface area (Å²) in [5, 5.41) is 11.1. The third-order valence-electron chi connectivity index (χ3n) is 5.35. The summed E-state index contributed by atoms with van der Waals surface area (Å²) in [6, 6.07) is 9.67. The average molecular weight is 432 g/mol. The summed E-state index contributed by atoms with van der Waals surface area (Å²) in [6.07, 6.45) is 9.09. The van der Waals surface area contributed by atoms with E-state index < -0.39 is 17.7 Å². The molecule has 1 aromatic carbocycles. The predicted octanol–water partition coefficient (Wildman–Crippen LogP) is 3.19. The first-order valence-corrected chi connectivity index (χ1v) is 10.5. The van der Waals surface area contributed by atoms with Crippen molar-refractivity contribution in [2.24, 2.45) is 0 Å². The highest BCUT2D eigenvalue weighted by atomic mass is 16.5. The molecule has 1 aliphatic rings. The van der Waals surface area contributed by atoms with Gasteiger partial charge in [-0.2, -0.15) is 0 Å². The Hall–Kier alpha value is -3.94. The Morgan fingerprint density at radius 2 is 1.91 bits per heavy atom. The van der Waals surface area contributed by atoms with Crippen LogP contribution in [0.25, 0.3) is 5.76 Å². The van der Waals surface area contributed by atoms with Gasteiger partial charge in [-0.15, -0.1) is 0 Å². The number of aromatic nitrogens is 3. The predicted molar refractivity (Wildman–Crippen MR) is 118 cm³/mol. The number of aryl methyl sites for hydroxylation is 1. The van der Waals surface area contributed by atoms with E-state index in [2.05, 4.69) is 9.97 Å². The molecule has 1 atom stereocenters. The summed E-state index contributed by atoms with van der Waals surface area (Å²) in [4.78, 5) is 35.6. The maximum absolute atomic E-state index is 13.0. The van der Waals surface area contributed by atoms with Crippen molar-refractivity contribution in [2.45, 2.75) is 25.9 Å². The molecule has 1 unspecified atom stereocenters. The zero-order chi connectivity index (χ0) is 22.5. The average Bonchev–Trinajstić information content (AvgIpc) is 3.42. The van der Waals surface area contributed by atoms with Crippen molar-refractivity contribution >= 4 is 17.4 Å². The Bertz CT molecular complexity index is 1130. The van der Waals surface area contributed by atoms with Crippen molar-refractivity contribution in [3.8, 4) is 5.75 Å². The molecule has 32 heavy (non-hydrogen) atoms. The maximum atomic E-state index is 13.0. The van der Waals surface area contributed by atoms with Gasteiger partial charge in [0.05, 0.1) is 24.5 Å². The molecular weight excluding hydrogens is 408 g/mol. The molecule has 0 bridgehead atoms. The number of pyridine rings is 1. The number of amides is 1. The number of rotatable bonds is 8. The van der Waals surface area contributed by atoms with Crippen LogP contribution in [-0.4, -0.2) is 49.4 Å². The van der Waals surface area contributed by atoms with Crippen molar-refractivity contribution < 1.29 is 19.4 Å². The molecule has 1 saturated heterocycles. The number of Topliss-reactive ketones (excluding diaryl/α,β-unsaturated/α-hetero) is 1. The van der Waals surface area contributed by atoms with Crippen molar-refractivity contribution in [3.05, 3.63) is 84.2 Å². The second kappa shape index (κ2) is 9.47. The van der Waals surface area contributed by atoms with Gasteiger partial charge in [0.2, 0.25) is 0 Å². The largest absolute Gasteiger partial charge is 0.507 e. The molecule has 1 N–H and O–H groups in total. The highest BCUT2D eigenvalue weighted by Gasteiger charge is 2.45. The van der Waals surface area contributed by atoms with E-state index in [-0.39, 0.29) is 11.3 Å². The Balaban J connectivity index is 1.71. The first-order valence-electron chi connectivity index (χ1n) is 10.5. The number of carbonyl (C=O) groups is 2. The van der Waals surface area contributed by atoms with E-state index in [0.717, 1.165) is 0 Å². The van der Waals surface area contributed by atoms with Crippen molar-refractivity contribution in [3.63, 3.8) is 0 Å². The standard InChI is InChI=1S/C24H24N4O4/c1-2-32-19-6-3-5-18(15-19)22(29)20-21(17-7-9-25-10-8-17)28(24(31)23(20)30)13-4-12-27-14-11-26-16-27/h3,5-11,14-16,21,29H,2,4,12-13H2,1H3/b22-20+. The Labute approximate surface area is 185 Å². The Morgan fingerprint density at radius 1 is 1.09 bits per heavy atom. The van der Waals surface area contributed by atoms with Gasteiger partial charge in [-0.25, -0.2) is 4.98 Å². The first kappa shape index (κ1) is 21.3. The van der Waals surface area contributed by atoms with Crippen molar-refractivity contribution in [1.82, 2.24) is 19.4 Å². The third kappa shape index (κ3) is 4.25. The minimum Gasteiger partial charge on any atom is -0.507 e. The molecule has 3 aromatic rings. The Morgan fingerprint density at radius 3 is 2.62 bits per heavy atom. The number of carbonyl (C=O) groups excluding carboxylic acids is 2. The van der Waals surface area contributed by atoms with Crippen LogP contribution in [0.1, 0.15) is 30.5 Å². The van der Waals surface area contributed by atoms with E-state index >= 15 is 0 Å². The summed E-state index contributed by atoms with van der Waals surface area (Å²) in [5.74, 6) is -0.968. The lowest BCUT2D eigenvalue weighted by Crippen LogP contribution is -2.31. The van der Waals surface area contributed by atoms with Crippen LogP contribution in [0.5, 0.6) is 5.75 Å². The number of benzene rings is 1. The number of nitrogens with zero attached hydrogens (tertiary/aromatic N) is 4. The SMILES string of the molecule is CCOc1cccc(/C(O)=C2\C(=O)C(=O)N(CCCn3ccnc3)C2c2ccncc2)c1. The molecule has 2 aromatic heterocycles.